The van der Waals surface area contributed by atoms with Crippen molar-refractivity contribution < 1.29 is 19.8 Å². The normalized spacial score (nSPS) is 16.2. The molecule has 0 radical (unpaired) electrons. The molecule has 0 aliphatic carbocycles. The van der Waals surface area contributed by atoms with E-state index in [0.717, 1.165) is 25.7 Å². The fourth-order valence-corrected chi connectivity index (χ4v) is 2.08. The lowest BCUT2D eigenvalue weighted by molar-refractivity contribution is -0.148. The van der Waals surface area contributed by atoms with Gasteiger partial charge >= 0.3 is 5.97 Å². The van der Waals surface area contributed by atoms with E-state index in [0.29, 0.717) is 0 Å². The number of aliphatic carboxylic acids is 1. The van der Waals surface area contributed by atoms with Crippen LogP contribution in [0.25, 0.3) is 0 Å². The summed E-state index contributed by atoms with van der Waals surface area (Å²) in [7, 11) is 0. The highest BCUT2D eigenvalue weighted by Gasteiger charge is 2.37. The highest BCUT2D eigenvalue weighted by atomic mass is 32.1. The summed E-state index contributed by atoms with van der Waals surface area (Å²) in [6.07, 6.45) is 3.39. The molecular formula is C12H22O4S. The molecule has 5 heteroatoms. The van der Waals surface area contributed by atoms with Gasteiger partial charge in [0, 0.05) is 0 Å². The average molecular weight is 262 g/mol. The predicted molar refractivity (Wildman–Crippen MR) is 69.1 cm³/mol. The van der Waals surface area contributed by atoms with Gasteiger partial charge in [-0.15, -0.1) is 12.6 Å². The molecule has 2 unspecified atom stereocenters. The molecule has 0 aromatic heterocycles. The summed E-state index contributed by atoms with van der Waals surface area (Å²) in [5.41, 5.74) is -1.83. The average Bonchev–Trinajstić information content (AvgIpc) is 2.22. The lowest BCUT2D eigenvalue weighted by atomic mass is 9.84. The Morgan fingerprint density at radius 1 is 1.35 bits per heavy atom. The first-order valence-corrected chi connectivity index (χ1v) is 6.48. The van der Waals surface area contributed by atoms with E-state index in [4.69, 9.17) is 5.11 Å². The monoisotopic (exact) mass is 262 g/mol. The number of carbonyl (C=O) groups excluding carboxylic acids is 1. The minimum absolute atomic E-state index is 0.162. The van der Waals surface area contributed by atoms with Crippen molar-refractivity contribution in [3.05, 3.63) is 0 Å². The number of unbranched alkanes of at least 4 members (excludes halogenated alkanes) is 1. The number of carboxylic acid groups (broad SMARTS) is 1. The Kier molecular flexibility index (Phi) is 7.46. The van der Waals surface area contributed by atoms with Gasteiger partial charge in [-0.1, -0.05) is 39.5 Å². The molecule has 0 heterocycles. The van der Waals surface area contributed by atoms with Crippen LogP contribution in [0, 0.1) is 5.92 Å². The van der Waals surface area contributed by atoms with Crippen LogP contribution in [0.1, 0.15) is 52.4 Å². The van der Waals surface area contributed by atoms with E-state index in [2.05, 4.69) is 19.6 Å². The molecule has 100 valence electrons. The van der Waals surface area contributed by atoms with Gasteiger partial charge in [-0.05, 0) is 12.3 Å². The zero-order chi connectivity index (χ0) is 13.5. The summed E-state index contributed by atoms with van der Waals surface area (Å²) < 4.78 is 0. The first-order valence-electron chi connectivity index (χ1n) is 6.03. The van der Waals surface area contributed by atoms with Gasteiger partial charge in [0.25, 0.3) is 0 Å². The Labute approximate surface area is 108 Å². The SMILES string of the molecule is CCCCC(CC)CC(O)(CC(=O)O)C(=O)S. The Bertz CT molecular complexity index is 267. The van der Waals surface area contributed by atoms with Crippen molar-refractivity contribution in [2.45, 2.75) is 58.0 Å². The molecule has 2 N–H and O–H groups in total. The first kappa shape index (κ1) is 16.4. The summed E-state index contributed by atoms with van der Waals surface area (Å²) in [4.78, 5) is 21.9. The van der Waals surface area contributed by atoms with Crippen molar-refractivity contribution in [3.63, 3.8) is 0 Å². The maximum absolute atomic E-state index is 11.3. The molecule has 0 saturated carbocycles. The van der Waals surface area contributed by atoms with Gasteiger partial charge in [-0.25, -0.2) is 0 Å². The van der Waals surface area contributed by atoms with Crippen molar-refractivity contribution in [1.29, 1.82) is 0 Å². The zero-order valence-electron chi connectivity index (χ0n) is 10.5. The second kappa shape index (κ2) is 7.71. The third-order valence-corrected chi connectivity index (χ3v) is 3.43. The molecule has 17 heavy (non-hydrogen) atoms. The third-order valence-electron chi connectivity index (χ3n) is 3.01. The molecule has 0 bridgehead atoms. The van der Waals surface area contributed by atoms with E-state index in [1.807, 2.05) is 6.92 Å². The zero-order valence-corrected chi connectivity index (χ0v) is 11.4. The Hall–Kier alpha value is -0.550. The molecule has 0 spiro atoms. The lowest BCUT2D eigenvalue weighted by Crippen LogP contribution is -2.40. The van der Waals surface area contributed by atoms with Gasteiger partial charge < -0.3 is 10.2 Å². The first-order chi connectivity index (χ1) is 7.85. The molecule has 0 rings (SSSR count). The quantitative estimate of drug-likeness (QED) is 0.557. The van der Waals surface area contributed by atoms with Gasteiger partial charge in [0.1, 0.15) is 5.60 Å². The summed E-state index contributed by atoms with van der Waals surface area (Å²) in [6, 6.07) is 0. The van der Waals surface area contributed by atoms with E-state index >= 15 is 0 Å². The van der Waals surface area contributed by atoms with Crippen LogP contribution in [0.2, 0.25) is 0 Å². The molecular weight excluding hydrogens is 240 g/mol. The van der Waals surface area contributed by atoms with Crippen LogP contribution in [0.5, 0.6) is 0 Å². The second-order valence-electron chi connectivity index (χ2n) is 4.53. The lowest BCUT2D eigenvalue weighted by Gasteiger charge is -2.27. The minimum Gasteiger partial charge on any atom is -0.481 e. The van der Waals surface area contributed by atoms with E-state index in [-0.39, 0.29) is 12.3 Å². The predicted octanol–water partition coefficient (Wildman–Crippen LogP) is 2.26. The largest absolute Gasteiger partial charge is 0.481 e. The number of hydrogen-bond acceptors (Lipinski definition) is 3. The number of hydrogen-bond donors (Lipinski definition) is 3. The molecule has 0 fully saturated rings. The summed E-state index contributed by atoms with van der Waals surface area (Å²) in [5.74, 6) is -1.02. The number of thiol groups is 1. The van der Waals surface area contributed by atoms with Gasteiger partial charge in [0.2, 0.25) is 5.12 Å². The summed E-state index contributed by atoms with van der Waals surface area (Å²) in [5, 5.41) is 18.0. The molecule has 0 aliphatic rings. The molecule has 0 saturated heterocycles. The minimum atomic E-state index is -1.83. The van der Waals surface area contributed by atoms with E-state index in [9.17, 15) is 14.7 Å². The summed E-state index contributed by atoms with van der Waals surface area (Å²) in [6.45, 7) is 4.05. The smallest absolute Gasteiger partial charge is 0.306 e. The van der Waals surface area contributed by atoms with Crippen LogP contribution in [-0.2, 0) is 9.59 Å². The number of carbonyl (C=O) groups is 2. The number of rotatable bonds is 9. The fourth-order valence-electron chi connectivity index (χ4n) is 1.91. The van der Waals surface area contributed by atoms with Crippen LogP contribution in [-0.4, -0.2) is 26.9 Å². The molecule has 0 amide bonds. The Morgan fingerprint density at radius 3 is 2.29 bits per heavy atom. The third kappa shape index (κ3) is 6.07. The molecule has 0 aliphatic heterocycles. The van der Waals surface area contributed by atoms with Crippen LogP contribution in [0.15, 0.2) is 0 Å². The van der Waals surface area contributed by atoms with E-state index in [1.165, 1.54) is 0 Å². The van der Waals surface area contributed by atoms with Crippen molar-refractivity contribution >= 4 is 23.7 Å². The van der Waals surface area contributed by atoms with Gasteiger partial charge in [0.05, 0.1) is 6.42 Å². The van der Waals surface area contributed by atoms with Crippen molar-refractivity contribution in [2.75, 3.05) is 0 Å². The maximum Gasteiger partial charge on any atom is 0.306 e. The van der Waals surface area contributed by atoms with Crippen LogP contribution in [0.3, 0.4) is 0 Å². The molecule has 2 atom stereocenters. The highest BCUT2D eigenvalue weighted by molar-refractivity contribution is 7.96. The second-order valence-corrected chi connectivity index (χ2v) is 4.93. The van der Waals surface area contributed by atoms with E-state index in [1.54, 1.807) is 0 Å². The highest BCUT2D eigenvalue weighted by Crippen LogP contribution is 2.28. The van der Waals surface area contributed by atoms with Crippen LogP contribution >= 0.6 is 12.6 Å². The van der Waals surface area contributed by atoms with E-state index < -0.39 is 23.1 Å². The van der Waals surface area contributed by atoms with Gasteiger partial charge in [-0.3, -0.25) is 9.59 Å². The van der Waals surface area contributed by atoms with Crippen molar-refractivity contribution in [2.24, 2.45) is 5.92 Å². The van der Waals surface area contributed by atoms with Crippen LogP contribution < -0.4 is 0 Å². The Morgan fingerprint density at radius 2 is 1.94 bits per heavy atom. The number of carboxylic acids is 1. The van der Waals surface area contributed by atoms with Crippen molar-refractivity contribution in [3.8, 4) is 0 Å². The Balaban J connectivity index is 4.60. The molecule has 0 aromatic rings. The van der Waals surface area contributed by atoms with Crippen LogP contribution in [0.4, 0.5) is 0 Å². The standard InChI is InChI=1S/C12H22O4S/c1-3-5-6-9(4-2)7-12(16,11(15)17)8-10(13)14/h9,16H,3-8H2,1-2H3,(H,13,14)(H,15,17). The summed E-state index contributed by atoms with van der Waals surface area (Å²) >= 11 is 3.61. The van der Waals surface area contributed by atoms with Crippen molar-refractivity contribution in [1.82, 2.24) is 0 Å². The topological polar surface area (TPSA) is 74.6 Å². The molecule has 4 nitrogen and oxygen atoms in total. The maximum atomic E-state index is 11.3. The van der Waals surface area contributed by atoms with Gasteiger partial charge in [-0.2, -0.15) is 0 Å². The number of aliphatic hydroxyl groups is 1. The van der Waals surface area contributed by atoms with Gasteiger partial charge in [0.15, 0.2) is 0 Å². The molecule has 0 aromatic carbocycles. The fraction of sp³-hybridized carbons (Fsp3) is 0.833.